The van der Waals surface area contributed by atoms with Gasteiger partial charge in [0.25, 0.3) is 0 Å². The Labute approximate surface area is 97.7 Å². The highest BCUT2D eigenvalue weighted by Gasteiger charge is 2.30. The van der Waals surface area contributed by atoms with E-state index in [1.165, 1.54) is 11.1 Å². The second kappa shape index (κ2) is 4.46. The zero-order chi connectivity index (χ0) is 11.6. The van der Waals surface area contributed by atoms with Crippen molar-refractivity contribution in [2.45, 2.75) is 45.1 Å². The standard InChI is InChI=1S/C14H21NO/c1-11-5-6-12(2)13(9-11)15-10-14(16)7-3-4-8-14/h5-6,9,15-16H,3-4,7-8,10H2,1-2H3. The molecule has 1 aliphatic rings. The van der Waals surface area contributed by atoms with Gasteiger partial charge in [0, 0.05) is 12.2 Å². The lowest BCUT2D eigenvalue weighted by Gasteiger charge is -2.23. The first-order chi connectivity index (χ1) is 7.59. The molecule has 1 aromatic carbocycles. The van der Waals surface area contributed by atoms with Crippen LogP contribution >= 0.6 is 0 Å². The molecule has 0 aromatic heterocycles. The Morgan fingerprint density at radius 1 is 1.25 bits per heavy atom. The van der Waals surface area contributed by atoms with E-state index in [9.17, 15) is 5.11 Å². The molecule has 0 radical (unpaired) electrons. The van der Waals surface area contributed by atoms with Crippen LogP contribution in [-0.4, -0.2) is 17.3 Å². The summed E-state index contributed by atoms with van der Waals surface area (Å²) in [6.45, 7) is 4.87. The van der Waals surface area contributed by atoms with Gasteiger partial charge in [-0.25, -0.2) is 0 Å². The third-order valence-corrected chi connectivity index (χ3v) is 3.54. The van der Waals surface area contributed by atoms with Gasteiger partial charge in [-0.2, -0.15) is 0 Å². The molecule has 1 saturated carbocycles. The number of aryl methyl sites for hydroxylation is 2. The van der Waals surface area contributed by atoms with Crippen LogP contribution < -0.4 is 5.32 Å². The quantitative estimate of drug-likeness (QED) is 0.819. The highest BCUT2D eigenvalue weighted by atomic mass is 16.3. The summed E-state index contributed by atoms with van der Waals surface area (Å²) >= 11 is 0. The second-order valence-electron chi connectivity index (χ2n) is 5.10. The Kier molecular flexibility index (Phi) is 3.20. The molecule has 88 valence electrons. The van der Waals surface area contributed by atoms with Gasteiger partial charge in [0.1, 0.15) is 0 Å². The molecule has 2 nitrogen and oxygen atoms in total. The highest BCUT2D eigenvalue weighted by Crippen LogP contribution is 2.30. The van der Waals surface area contributed by atoms with Crippen molar-refractivity contribution in [3.05, 3.63) is 29.3 Å². The average molecular weight is 219 g/mol. The van der Waals surface area contributed by atoms with Crippen molar-refractivity contribution in [3.8, 4) is 0 Å². The summed E-state index contributed by atoms with van der Waals surface area (Å²) in [6.07, 6.45) is 4.19. The Bertz CT molecular complexity index is 367. The summed E-state index contributed by atoms with van der Waals surface area (Å²) in [5.41, 5.74) is 3.18. The van der Waals surface area contributed by atoms with E-state index < -0.39 is 5.60 Å². The molecule has 0 spiro atoms. The first-order valence-corrected chi connectivity index (χ1v) is 6.13. The predicted molar refractivity (Wildman–Crippen MR) is 67.8 cm³/mol. The molecule has 0 aliphatic heterocycles. The molecule has 1 aromatic rings. The van der Waals surface area contributed by atoms with Crippen LogP contribution in [0.25, 0.3) is 0 Å². The summed E-state index contributed by atoms with van der Waals surface area (Å²) in [5.74, 6) is 0. The number of benzene rings is 1. The van der Waals surface area contributed by atoms with Gasteiger partial charge in [-0.05, 0) is 43.9 Å². The predicted octanol–water partition coefficient (Wildman–Crippen LogP) is 3.02. The topological polar surface area (TPSA) is 32.3 Å². The molecule has 0 atom stereocenters. The minimum Gasteiger partial charge on any atom is -0.388 e. The summed E-state index contributed by atoms with van der Waals surface area (Å²) < 4.78 is 0. The largest absolute Gasteiger partial charge is 0.388 e. The van der Waals surface area contributed by atoms with Crippen LogP contribution in [-0.2, 0) is 0 Å². The molecule has 1 aliphatic carbocycles. The Balaban J connectivity index is 2.01. The number of hydrogen-bond acceptors (Lipinski definition) is 2. The highest BCUT2D eigenvalue weighted by molar-refractivity contribution is 5.52. The van der Waals surface area contributed by atoms with Crippen molar-refractivity contribution in [1.29, 1.82) is 0 Å². The molecule has 16 heavy (non-hydrogen) atoms. The van der Waals surface area contributed by atoms with Gasteiger partial charge >= 0.3 is 0 Å². The lowest BCUT2D eigenvalue weighted by atomic mass is 10.0. The van der Waals surface area contributed by atoms with Crippen LogP contribution in [0.2, 0.25) is 0 Å². The molecule has 0 bridgehead atoms. The van der Waals surface area contributed by atoms with E-state index in [1.54, 1.807) is 0 Å². The summed E-state index contributed by atoms with van der Waals surface area (Å²) in [4.78, 5) is 0. The first kappa shape index (κ1) is 11.5. The van der Waals surface area contributed by atoms with E-state index in [0.717, 1.165) is 31.4 Å². The lowest BCUT2D eigenvalue weighted by molar-refractivity contribution is 0.0614. The maximum absolute atomic E-state index is 10.3. The third-order valence-electron chi connectivity index (χ3n) is 3.54. The third kappa shape index (κ3) is 2.56. The molecule has 2 N–H and O–H groups in total. The molecule has 2 rings (SSSR count). The molecule has 1 fully saturated rings. The maximum atomic E-state index is 10.3. The minimum atomic E-state index is -0.476. The van der Waals surface area contributed by atoms with Crippen LogP contribution in [0.15, 0.2) is 18.2 Å². The molecule has 0 heterocycles. The van der Waals surface area contributed by atoms with Crippen LogP contribution in [0.3, 0.4) is 0 Å². The van der Waals surface area contributed by atoms with E-state index in [1.807, 2.05) is 0 Å². The fraction of sp³-hybridized carbons (Fsp3) is 0.571. The van der Waals surface area contributed by atoms with Crippen molar-refractivity contribution in [3.63, 3.8) is 0 Å². The zero-order valence-electron chi connectivity index (χ0n) is 10.2. The SMILES string of the molecule is Cc1ccc(C)c(NCC2(O)CCCC2)c1. The van der Waals surface area contributed by atoms with Crippen LogP contribution in [0.4, 0.5) is 5.69 Å². The minimum absolute atomic E-state index is 0.476. The number of rotatable bonds is 3. The smallest absolute Gasteiger partial charge is 0.0819 e. The number of nitrogens with one attached hydrogen (secondary N) is 1. The normalized spacial score (nSPS) is 18.7. The number of hydrogen-bond donors (Lipinski definition) is 2. The Morgan fingerprint density at radius 3 is 2.62 bits per heavy atom. The van der Waals surface area contributed by atoms with Crippen LogP contribution in [0.5, 0.6) is 0 Å². The van der Waals surface area contributed by atoms with Crippen LogP contribution in [0, 0.1) is 13.8 Å². The molecular weight excluding hydrogens is 198 g/mol. The summed E-state index contributed by atoms with van der Waals surface area (Å²) in [7, 11) is 0. The fourth-order valence-corrected chi connectivity index (χ4v) is 2.40. The van der Waals surface area contributed by atoms with E-state index in [0.29, 0.717) is 6.54 Å². The lowest BCUT2D eigenvalue weighted by Crippen LogP contribution is -2.33. The van der Waals surface area contributed by atoms with Gasteiger partial charge in [0.05, 0.1) is 5.60 Å². The van der Waals surface area contributed by atoms with Gasteiger partial charge < -0.3 is 10.4 Å². The fourth-order valence-electron chi connectivity index (χ4n) is 2.40. The van der Waals surface area contributed by atoms with Crippen molar-refractivity contribution < 1.29 is 5.11 Å². The molecule has 0 unspecified atom stereocenters. The zero-order valence-corrected chi connectivity index (χ0v) is 10.2. The van der Waals surface area contributed by atoms with Gasteiger partial charge in [0.2, 0.25) is 0 Å². The van der Waals surface area contributed by atoms with Crippen molar-refractivity contribution >= 4 is 5.69 Å². The van der Waals surface area contributed by atoms with Crippen molar-refractivity contribution in [2.75, 3.05) is 11.9 Å². The van der Waals surface area contributed by atoms with E-state index in [2.05, 4.69) is 37.4 Å². The van der Waals surface area contributed by atoms with E-state index >= 15 is 0 Å². The molecule has 0 amide bonds. The van der Waals surface area contributed by atoms with Crippen LogP contribution in [0.1, 0.15) is 36.8 Å². The molecule has 2 heteroatoms. The van der Waals surface area contributed by atoms with Crippen molar-refractivity contribution in [1.82, 2.24) is 0 Å². The van der Waals surface area contributed by atoms with Gasteiger partial charge in [-0.3, -0.25) is 0 Å². The second-order valence-corrected chi connectivity index (χ2v) is 5.10. The Hall–Kier alpha value is -1.02. The van der Waals surface area contributed by atoms with Gasteiger partial charge in [-0.1, -0.05) is 25.0 Å². The Morgan fingerprint density at radius 2 is 1.94 bits per heavy atom. The molecule has 0 saturated heterocycles. The maximum Gasteiger partial charge on any atom is 0.0819 e. The summed E-state index contributed by atoms with van der Waals surface area (Å²) in [5, 5.41) is 13.6. The summed E-state index contributed by atoms with van der Waals surface area (Å²) in [6, 6.07) is 6.38. The average Bonchev–Trinajstić information content (AvgIpc) is 2.67. The van der Waals surface area contributed by atoms with E-state index in [-0.39, 0.29) is 0 Å². The van der Waals surface area contributed by atoms with Gasteiger partial charge in [0.15, 0.2) is 0 Å². The van der Waals surface area contributed by atoms with Crippen molar-refractivity contribution in [2.24, 2.45) is 0 Å². The van der Waals surface area contributed by atoms with E-state index in [4.69, 9.17) is 0 Å². The number of aliphatic hydroxyl groups is 1. The van der Waals surface area contributed by atoms with Gasteiger partial charge in [-0.15, -0.1) is 0 Å². The number of anilines is 1. The molecular formula is C14H21NO. The first-order valence-electron chi connectivity index (χ1n) is 6.13. The monoisotopic (exact) mass is 219 g/mol.